The van der Waals surface area contributed by atoms with E-state index in [1.165, 1.54) is 0 Å². The molecule has 4 rings (SSSR count). The van der Waals surface area contributed by atoms with E-state index in [0.717, 1.165) is 54.7 Å². The molecule has 1 aromatic heterocycles. The molecule has 0 saturated carbocycles. The second-order valence-electron chi connectivity index (χ2n) is 7.75. The van der Waals surface area contributed by atoms with Gasteiger partial charge in [-0.2, -0.15) is 0 Å². The number of nitrogens with one attached hydrogen (secondary N) is 1. The molecule has 3 aromatic rings. The van der Waals surface area contributed by atoms with Crippen molar-refractivity contribution in [1.29, 1.82) is 0 Å². The molecule has 1 aliphatic rings. The Morgan fingerprint density at radius 3 is 2.41 bits per heavy atom. The van der Waals surface area contributed by atoms with E-state index in [2.05, 4.69) is 11.9 Å². The molecule has 5 heteroatoms. The van der Waals surface area contributed by atoms with Gasteiger partial charge >= 0.3 is 0 Å². The zero-order chi connectivity index (χ0) is 20.6. The number of aromatic nitrogens is 1. The highest BCUT2D eigenvalue weighted by molar-refractivity contribution is 5.98. The van der Waals surface area contributed by atoms with Crippen LogP contribution in [0.5, 0.6) is 0 Å². The lowest BCUT2D eigenvalue weighted by atomic mass is 9.99. The van der Waals surface area contributed by atoms with E-state index in [4.69, 9.17) is 0 Å². The van der Waals surface area contributed by atoms with Gasteiger partial charge in [-0.25, -0.2) is 0 Å². The van der Waals surface area contributed by atoms with Crippen molar-refractivity contribution in [3.8, 4) is 0 Å². The fraction of sp³-hybridized carbons (Fsp3) is 0.333. The van der Waals surface area contributed by atoms with E-state index in [0.29, 0.717) is 12.2 Å². The molecular formula is C24H29N3O2. The van der Waals surface area contributed by atoms with Gasteiger partial charge in [-0.1, -0.05) is 55.5 Å². The lowest BCUT2D eigenvalue weighted by Gasteiger charge is -2.29. The summed E-state index contributed by atoms with van der Waals surface area (Å²) in [6.07, 6.45) is 3.06. The molecule has 2 heterocycles. The Morgan fingerprint density at radius 2 is 1.76 bits per heavy atom. The molecule has 0 spiro atoms. The van der Waals surface area contributed by atoms with Gasteiger partial charge < -0.3 is 14.8 Å². The zero-order valence-electron chi connectivity index (χ0n) is 17.2. The van der Waals surface area contributed by atoms with Crippen molar-refractivity contribution in [2.45, 2.75) is 26.3 Å². The second-order valence-corrected chi connectivity index (χ2v) is 7.75. The first-order valence-corrected chi connectivity index (χ1v) is 10.1. The van der Waals surface area contributed by atoms with E-state index in [9.17, 15) is 9.59 Å². The van der Waals surface area contributed by atoms with E-state index in [1.807, 2.05) is 65.6 Å². The smallest absolute Gasteiger partial charge is 0.270 e. The number of H-pyrrole nitrogens is 1. The monoisotopic (exact) mass is 391 g/mol. The van der Waals surface area contributed by atoms with Crippen molar-refractivity contribution in [1.82, 2.24) is 14.8 Å². The molecule has 2 amide bonds. The number of piperidine rings is 1. The number of amides is 2. The number of carbonyl (C=O) groups excluding carboxylic acids is 2. The normalized spacial score (nSPS) is 14.2. The number of hydrogen-bond acceptors (Lipinski definition) is 2. The Hall–Kier alpha value is -3.08. The molecular weight excluding hydrogens is 362 g/mol. The van der Waals surface area contributed by atoms with Crippen LogP contribution in [0.25, 0.3) is 10.9 Å². The number of aromatic amines is 1. The van der Waals surface area contributed by atoms with Gasteiger partial charge in [-0.3, -0.25) is 9.59 Å². The van der Waals surface area contributed by atoms with Crippen molar-refractivity contribution in [3.05, 3.63) is 71.9 Å². The molecule has 1 N–H and O–H groups in total. The van der Waals surface area contributed by atoms with Crippen LogP contribution in [0.2, 0.25) is 0 Å². The maximum absolute atomic E-state index is 12.4. The molecule has 0 radical (unpaired) electrons. The Balaban J connectivity index is 0.000000188. The third-order valence-electron chi connectivity index (χ3n) is 5.29. The van der Waals surface area contributed by atoms with Gasteiger partial charge in [0.15, 0.2) is 0 Å². The number of carbonyl (C=O) groups is 2. The Bertz CT molecular complexity index is 894. The van der Waals surface area contributed by atoms with E-state index in [1.54, 1.807) is 11.9 Å². The number of likely N-dealkylation sites (tertiary alicyclic amines) is 1. The van der Waals surface area contributed by atoms with Crippen LogP contribution in [0.15, 0.2) is 60.7 Å². The first-order chi connectivity index (χ1) is 14.1. The fourth-order valence-electron chi connectivity index (χ4n) is 3.48. The predicted molar refractivity (Wildman–Crippen MR) is 117 cm³/mol. The van der Waals surface area contributed by atoms with Crippen LogP contribution >= 0.6 is 0 Å². The molecule has 0 aliphatic carbocycles. The number of hydrogen-bond donors (Lipinski definition) is 1. The molecule has 0 atom stereocenters. The van der Waals surface area contributed by atoms with Crippen LogP contribution < -0.4 is 0 Å². The first kappa shape index (κ1) is 20.6. The average Bonchev–Trinajstić information content (AvgIpc) is 3.19. The summed E-state index contributed by atoms with van der Waals surface area (Å²) in [6.45, 7) is 4.71. The number of rotatable bonds is 4. The van der Waals surface area contributed by atoms with Gasteiger partial charge in [0.1, 0.15) is 5.69 Å². The molecule has 5 nitrogen and oxygen atoms in total. The summed E-state index contributed by atoms with van der Waals surface area (Å²) in [5.41, 5.74) is 2.90. The Kier molecular flexibility index (Phi) is 7.06. The predicted octanol–water partition coefficient (Wildman–Crippen LogP) is 4.31. The van der Waals surface area contributed by atoms with E-state index < -0.39 is 0 Å². The first-order valence-electron chi connectivity index (χ1n) is 10.1. The molecule has 1 aliphatic heterocycles. The van der Waals surface area contributed by atoms with Crippen LogP contribution in [-0.2, 0) is 11.3 Å². The summed E-state index contributed by atoms with van der Waals surface area (Å²) in [4.78, 5) is 29.4. The zero-order valence-corrected chi connectivity index (χ0v) is 17.2. The lowest BCUT2D eigenvalue weighted by molar-refractivity contribution is -0.117. The van der Waals surface area contributed by atoms with Crippen LogP contribution in [0.3, 0.4) is 0 Å². The summed E-state index contributed by atoms with van der Waals surface area (Å²) in [5.74, 6) is 0.884. The summed E-state index contributed by atoms with van der Waals surface area (Å²) in [5, 5.41) is 1.10. The Labute approximate surface area is 172 Å². The van der Waals surface area contributed by atoms with Crippen molar-refractivity contribution in [2.75, 3.05) is 20.1 Å². The maximum atomic E-state index is 12.4. The van der Waals surface area contributed by atoms with Crippen LogP contribution in [0.1, 0.15) is 35.8 Å². The van der Waals surface area contributed by atoms with Gasteiger partial charge in [0.2, 0.25) is 6.41 Å². The average molecular weight is 392 g/mol. The SMILES string of the molecule is CC1CCN(C(=O)c2cc3ccccc3[nH]2)CC1.CN(C=O)Cc1ccccc1. The third kappa shape index (κ3) is 5.70. The highest BCUT2D eigenvalue weighted by atomic mass is 16.2. The Morgan fingerprint density at radius 1 is 1.10 bits per heavy atom. The summed E-state index contributed by atoms with van der Waals surface area (Å²) >= 11 is 0. The van der Waals surface area contributed by atoms with Gasteiger partial charge in [-0.15, -0.1) is 0 Å². The van der Waals surface area contributed by atoms with E-state index in [-0.39, 0.29) is 5.91 Å². The number of para-hydroxylation sites is 1. The lowest BCUT2D eigenvalue weighted by Crippen LogP contribution is -2.38. The molecule has 0 bridgehead atoms. The molecule has 1 saturated heterocycles. The molecule has 0 unspecified atom stereocenters. The number of fused-ring (bicyclic) bond motifs is 1. The van der Waals surface area contributed by atoms with Gasteiger partial charge in [0, 0.05) is 37.6 Å². The van der Waals surface area contributed by atoms with Crippen LogP contribution in [0.4, 0.5) is 0 Å². The minimum Gasteiger partial charge on any atom is -0.351 e. The van der Waals surface area contributed by atoms with Gasteiger partial charge in [0.05, 0.1) is 0 Å². The molecule has 1 fully saturated rings. The fourth-order valence-corrected chi connectivity index (χ4v) is 3.48. The minimum absolute atomic E-state index is 0.137. The highest BCUT2D eigenvalue weighted by Gasteiger charge is 2.22. The number of benzene rings is 2. The summed E-state index contributed by atoms with van der Waals surface area (Å²) in [7, 11) is 1.76. The second kappa shape index (κ2) is 9.92. The minimum atomic E-state index is 0.137. The van der Waals surface area contributed by atoms with Crippen LogP contribution in [0, 0.1) is 5.92 Å². The van der Waals surface area contributed by atoms with Crippen LogP contribution in [-0.4, -0.2) is 47.2 Å². The standard InChI is InChI=1S/C15H18N2O.C9H11NO/c1-11-6-8-17(9-7-11)15(18)14-10-12-4-2-3-5-13(12)16-14;1-10(8-11)7-9-5-3-2-4-6-9/h2-5,10-11,16H,6-9H2,1H3;2-6,8H,7H2,1H3. The molecule has 2 aromatic carbocycles. The van der Waals surface area contributed by atoms with Gasteiger partial charge in [0.25, 0.3) is 5.91 Å². The molecule has 29 heavy (non-hydrogen) atoms. The highest BCUT2D eigenvalue weighted by Crippen LogP contribution is 2.20. The quantitative estimate of drug-likeness (QED) is 0.674. The van der Waals surface area contributed by atoms with Crippen molar-refractivity contribution < 1.29 is 9.59 Å². The topological polar surface area (TPSA) is 56.4 Å². The van der Waals surface area contributed by atoms with Gasteiger partial charge in [-0.05, 0) is 36.5 Å². The van der Waals surface area contributed by atoms with Crippen molar-refractivity contribution >= 4 is 23.2 Å². The van der Waals surface area contributed by atoms with E-state index >= 15 is 0 Å². The largest absolute Gasteiger partial charge is 0.351 e. The molecule has 152 valence electrons. The third-order valence-corrected chi connectivity index (χ3v) is 5.29. The summed E-state index contributed by atoms with van der Waals surface area (Å²) in [6, 6.07) is 19.9. The van der Waals surface area contributed by atoms with Crippen molar-refractivity contribution in [3.63, 3.8) is 0 Å². The van der Waals surface area contributed by atoms with Crippen molar-refractivity contribution in [2.24, 2.45) is 5.92 Å². The maximum Gasteiger partial charge on any atom is 0.270 e. The number of nitrogens with zero attached hydrogens (tertiary/aromatic N) is 2. The summed E-state index contributed by atoms with van der Waals surface area (Å²) < 4.78 is 0.